The van der Waals surface area contributed by atoms with Crippen molar-refractivity contribution in [3.8, 4) is 0 Å². The van der Waals surface area contributed by atoms with Gasteiger partial charge < -0.3 is 16.4 Å². The maximum absolute atomic E-state index is 12.0. The number of halogens is 1. The third-order valence-electron chi connectivity index (χ3n) is 3.76. The van der Waals surface area contributed by atoms with Gasteiger partial charge in [-0.2, -0.15) is 0 Å². The van der Waals surface area contributed by atoms with Crippen LogP contribution in [0.15, 0.2) is 18.2 Å². The van der Waals surface area contributed by atoms with E-state index in [4.69, 9.17) is 17.3 Å². The molecule has 0 radical (unpaired) electrons. The predicted molar refractivity (Wildman–Crippen MR) is 83.4 cm³/mol. The van der Waals surface area contributed by atoms with Crippen LogP contribution < -0.4 is 16.4 Å². The molecule has 1 aromatic rings. The number of benzene rings is 1. The first-order valence-corrected chi connectivity index (χ1v) is 7.54. The van der Waals surface area contributed by atoms with Gasteiger partial charge in [-0.1, -0.05) is 11.6 Å². The van der Waals surface area contributed by atoms with Gasteiger partial charge in [0.15, 0.2) is 0 Å². The van der Waals surface area contributed by atoms with E-state index in [1.54, 1.807) is 6.07 Å². The highest BCUT2D eigenvalue weighted by molar-refractivity contribution is 6.33. The van der Waals surface area contributed by atoms with Crippen LogP contribution >= 0.6 is 11.6 Å². The molecule has 1 aromatic carbocycles. The van der Waals surface area contributed by atoms with Gasteiger partial charge in [0.25, 0.3) is 0 Å². The Morgan fingerprint density at radius 1 is 1.33 bits per heavy atom. The summed E-state index contributed by atoms with van der Waals surface area (Å²) in [6, 6.07) is 4.60. The first-order valence-electron chi connectivity index (χ1n) is 7.16. The van der Waals surface area contributed by atoms with Gasteiger partial charge in [-0.15, -0.1) is 0 Å². The smallest absolute Gasteiger partial charge is 0.248 e. The largest absolute Gasteiger partial charge is 0.366 e. The molecule has 1 heterocycles. The number of primary amides is 1. The summed E-state index contributed by atoms with van der Waals surface area (Å²) < 4.78 is 0. The van der Waals surface area contributed by atoms with Crippen LogP contribution in [-0.2, 0) is 4.79 Å². The fraction of sp³-hybridized carbons (Fsp3) is 0.467. The molecule has 0 atom stereocenters. The Bertz CT molecular complexity index is 528. The lowest BCUT2D eigenvalue weighted by molar-refractivity contribution is -0.116. The monoisotopic (exact) mass is 309 g/mol. The van der Waals surface area contributed by atoms with E-state index < -0.39 is 5.91 Å². The minimum Gasteiger partial charge on any atom is -0.366 e. The second-order valence-electron chi connectivity index (χ2n) is 5.34. The molecule has 1 aliphatic heterocycles. The fourth-order valence-electron chi connectivity index (χ4n) is 2.49. The number of carbonyl (C=O) groups is 2. The molecule has 0 aliphatic carbocycles. The Balaban J connectivity index is 1.89. The van der Waals surface area contributed by atoms with Gasteiger partial charge in [-0.25, -0.2) is 0 Å². The summed E-state index contributed by atoms with van der Waals surface area (Å²) in [5.74, 6) is -0.0293. The molecule has 0 spiro atoms. The van der Waals surface area contributed by atoms with Crippen molar-refractivity contribution in [2.75, 3.05) is 18.4 Å². The standard InChI is InChI=1S/C15H20ClN3O2/c16-12-3-2-11(15(17)21)9-13(12)19-14(20)4-1-10-5-7-18-8-6-10/h2-3,9-10,18H,1,4-8H2,(H2,17,21)(H,19,20). The van der Waals surface area contributed by atoms with Gasteiger partial charge in [-0.05, 0) is 56.5 Å². The van der Waals surface area contributed by atoms with Crippen LogP contribution in [0.25, 0.3) is 0 Å². The van der Waals surface area contributed by atoms with Gasteiger partial charge in [0.2, 0.25) is 11.8 Å². The zero-order valence-electron chi connectivity index (χ0n) is 11.8. The molecule has 5 nitrogen and oxygen atoms in total. The zero-order chi connectivity index (χ0) is 15.2. The molecular formula is C15H20ClN3O2. The van der Waals surface area contributed by atoms with E-state index in [0.717, 1.165) is 32.4 Å². The lowest BCUT2D eigenvalue weighted by Crippen LogP contribution is -2.28. The molecule has 21 heavy (non-hydrogen) atoms. The molecule has 1 saturated heterocycles. The second kappa shape index (κ2) is 7.43. The summed E-state index contributed by atoms with van der Waals surface area (Å²) >= 11 is 6.02. The van der Waals surface area contributed by atoms with Crippen molar-refractivity contribution in [3.05, 3.63) is 28.8 Å². The number of piperidine rings is 1. The van der Waals surface area contributed by atoms with E-state index in [-0.39, 0.29) is 5.91 Å². The summed E-state index contributed by atoms with van der Waals surface area (Å²) in [7, 11) is 0. The Morgan fingerprint density at radius 3 is 2.71 bits per heavy atom. The number of anilines is 1. The van der Waals surface area contributed by atoms with E-state index >= 15 is 0 Å². The average Bonchev–Trinajstić information content (AvgIpc) is 2.48. The number of rotatable bonds is 5. The highest BCUT2D eigenvalue weighted by atomic mass is 35.5. The molecule has 0 bridgehead atoms. The maximum atomic E-state index is 12.0. The van der Waals surface area contributed by atoms with E-state index in [0.29, 0.717) is 28.6 Å². The van der Waals surface area contributed by atoms with Crippen LogP contribution in [0.3, 0.4) is 0 Å². The molecule has 1 aliphatic rings. The van der Waals surface area contributed by atoms with Crippen LogP contribution in [0.2, 0.25) is 5.02 Å². The number of hydrogen-bond donors (Lipinski definition) is 3. The third kappa shape index (κ3) is 4.72. The predicted octanol–water partition coefficient (Wildman–Crippen LogP) is 2.16. The van der Waals surface area contributed by atoms with Crippen LogP contribution in [0.4, 0.5) is 5.69 Å². The Hall–Kier alpha value is -1.59. The molecule has 4 N–H and O–H groups in total. The second-order valence-corrected chi connectivity index (χ2v) is 5.75. The van der Waals surface area contributed by atoms with Crippen molar-refractivity contribution in [1.29, 1.82) is 0 Å². The van der Waals surface area contributed by atoms with Crippen molar-refractivity contribution in [2.45, 2.75) is 25.7 Å². The number of amides is 2. The van der Waals surface area contributed by atoms with Crippen molar-refractivity contribution >= 4 is 29.1 Å². The van der Waals surface area contributed by atoms with Crippen LogP contribution in [0, 0.1) is 5.92 Å². The fourth-order valence-corrected chi connectivity index (χ4v) is 2.66. The summed E-state index contributed by atoms with van der Waals surface area (Å²) in [6.45, 7) is 2.05. The molecule has 2 rings (SSSR count). The quantitative estimate of drug-likeness (QED) is 0.779. The van der Waals surface area contributed by atoms with E-state index in [1.165, 1.54) is 12.1 Å². The van der Waals surface area contributed by atoms with Crippen molar-refractivity contribution < 1.29 is 9.59 Å². The minimum absolute atomic E-state index is 0.0861. The molecule has 1 fully saturated rings. The number of nitrogens with two attached hydrogens (primary N) is 1. The van der Waals surface area contributed by atoms with Crippen LogP contribution in [0.1, 0.15) is 36.0 Å². The first-order chi connectivity index (χ1) is 10.1. The minimum atomic E-state index is -0.545. The van der Waals surface area contributed by atoms with E-state index in [2.05, 4.69) is 10.6 Å². The number of nitrogens with one attached hydrogen (secondary N) is 2. The maximum Gasteiger partial charge on any atom is 0.248 e. The van der Waals surface area contributed by atoms with Crippen molar-refractivity contribution in [1.82, 2.24) is 5.32 Å². The number of hydrogen-bond acceptors (Lipinski definition) is 3. The number of carbonyl (C=O) groups excluding carboxylic acids is 2. The third-order valence-corrected chi connectivity index (χ3v) is 4.09. The van der Waals surface area contributed by atoms with Gasteiger partial charge in [0.1, 0.15) is 0 Å². The molecule has 114 valence electrons. The molecule has 0 saturated carbocycles. The van der Waals surface area contributed by atoms with Gasteiger partial charge in [0, 0.05) is 12.0 Å². The van der Waals surface area contributed by atoms with Crippen LogP contribution in [0.5, 0.6) is 0 Å². The van der Waals surface area contributed by atoms with E-state index in [1.807, 2.05) is 0 Å². The Morgan fingerprint density at radius 2 is 2.05 bits per heavy atom. The summed E-state index contributed by atoms with van der Waals surface area (Å²) in [4.78, 5) is 23.1. The molecule has 0 unspecified atom stereocenters. The van der Waals surface area contributed by atoms with Crippen LogP contribution in [-0.4, -0.2) is 24.9 Å². The molecular weight excluding hydrogens is 290 g/mol. The SMILES string of the molecule is NC(=O)c1ccc(Cl)c(NC(=O)CCC2CCNCC2)c1. The molecule has 0 aromatic heterocycles. The lowest BCUT2D eigenvalue weighted by Gasteiger charge is -2.22. The zero-order valence-corrected chi connectivity index (χ0v) is 12.6. The topological polar surface area (TPSA) is 84.2 Å². The van der Waals surface area contributed by atoms with Gasteiger partial charge in [-0.3, -0.25) is 9.59 Å². The van der Waals surface area contributed by atoms with Crippen molar-refractivity contribution in [3.63, 3.8) is 0 Å². The summed E-state index contributed by atoms with van der Waals surface area (Å²) in [6.07, 6.45) is 3.57. The van der Waals surface area contributed by atoms with Crippen molar-refractivity contribution in [2.24, 2.45) is 11.7 Å². The average molecular weight is 310 g/mol. The first kappa shape index (κ1) is 15.8. The lowest BCUT2D eigenvalue weighted by atomic mass is 9.93. The summed E-state index contributed by atoms with van der Waals surface area (Å²) in [5, 5.41) is 6.45. The Kier molecular flexibility index (Phi) is 5.59. The Labute approximate surface area is 129 Å². The highest BCUT2D eigenvalue weighted by Crippen LogP contribution is 2.24. The molecule has 2 amide bonds. The normalized spacial score (nSPS) is 15.7. The van der Waals surface area contributed by atoms with E-state index in [9.17, 15) is 9.59 Å². The van der Waals surface area contributed by atoms with Gasteiger partial charge >= 0.3 is 0 Å². The summed E-state index contributed by atoms with van der Waals surface area (Å²) in [5.41, 5.74) is 5.98. The molecule has 6 heteroatoms. The highest BCUT2D eigenvalue weighted by Gasteiger charge is 2.15. The van der Waals surface area contributed by atoms with Gasteiger partial charge in [0.05, 0.1) is 10.7 Å².